The SMILES string of the molecule is ICCCCNCc1cn2ccsc2n1. The molecule has 0 aliphatic rings. The third kappa shape index (κ3) is 3.15. The van der Waals surface area contributed by atoms with Crippen molar-refractivity contribution < 1.29 is 0 Å². The van der Waals surface area contributed by atoms with Gasteiger partial charge in [0.15, 0.2) is 4.96 Å². The average Bonchev–Trinajstić information content (AvgIpc) is 2.77. The molecule has 3 nitrogen and oxygen atoms in total. The topological polar surface area (TPSA) is 29.3 Å². The lowest BCUT2D eigenvalue weighted by atomic mass is 10.3. The molecular weight excluding hydrogens is 321 g/mol. The molecule has 1 N–H and O–H groups in total. The Balaban J connectivity index is 1.77. The van der Waals surface area contributed by atoms with Crippen LogP contribution in [0.2, 0.25) is 0 Å². The molecule has 2 aromatic rings. The standard InChI is InChI=1S/C10H14IN3S/c11-3-1-2-4-12-7-9-8-14-5-6-15-10(14)13-9/h5-6,8,12H,1-4,7H2. The van der Waals surface area contributed by atoms with Gasteiger partial charge in [-0.1, -0.05) is 22.6 Å². The Morgan fingerprint density at radius 2 is 2.40 bits per heavy atom. The zero-order valence-electron chi connectivity index (χ0n) is 8.45. The highest BCUT2D eigenvalue weighted by molar-refractivity contribution is 14.1. The monoisotopic (exact) mass is 335 g/mol. The van der Waals surface area contributed by atoms with Crippen LogP contribution in [0.3, 0.4) is 0 Å². The molecule has 5 heteroatoms. The minimum atomic E-state index is 0.885. The van der Waals surface area contributed by atoms with Crippen LogP contribution in [0.25, 0.3) is 4.96 Å². The highest BCUT2D eigenvalue weighted by Crippen LogP contribution is 2.10. The van der Waals surface area contributed by atoms with E-state index in [-0.39, 0.29) is 0 Å². The van der Waals surface area contributed by atoms with Crippen LogP contribution in [0.1, 0.15) is 18.5 Å². The van der Waals surface area contributed by atoms with E-state index in [1.165, 1.54) is 17.3 Å². The first-order valence-corrected chi connectivity index (χ1v) is 7.48. The van der Waals surface area contributed by atoms with E-state index < -0.39 is 0 Å². The summed E-state index contributed by atoms with van der Waals surface area (Å²) in [5, 5.41) is 5.47. The largest absolute Gasteiger partial charge is 0.311 e. The summed E-state index contributed by atoms with van der Waals surface area (Å²) in [6.45, 7) is 1.98. The van der Waals surface area contributed by atoms with Crippen molar-refractivity contribution in [3.8, 4) is 0 Å². The number of hydrogen-bond donors (Lipinski definition) is 1. The fourth-order valence-electron chi connectivity index (χ4n) is 1.42. The quantitative estimate of drug-likeness (QED) is 0.500. The predicted octanol–water partition coefficient (Wildman–Crippen LogP) is 2.70. The maximum atomic E-state index is 4.51. The van der Waals surface area contributed by atoms with Gasteiger partial charge in [-0.3, -0.25) is 4.40 Å². The van der Waals surface area contributed by atoms with Crippen molar-refractivity contribution in [1.82, 2.24) is 14.7 Å². The zero-order valence-corrected chi connectivity index (χ0v) is 11.4. The maximum Gasteiger partial charge on any atom is 0.193 e. The molecule has 0 unspecified atom stereocenters. The van der Waals surface area contributed by atoms with Gasteiger partial charge < -0.3 is 5.32 Å². The molecule has 15 heavy (non-hydrogen) atoms. The van der Waals surface area contributed by atoms with Gasteiger partial charge in [-0.25, -0.2) is 4.98 Å². The van der Waals surface area contributed by atoms with Crippen molar-refractivity contribution >= 4 is 38.9 Å². The number of halogens is 1. The Morgan fingerprint density at radius 3 is 3.20 bits per heavy atom. The Morgan fingerprint density at radius 1 is 1.47 bits per heavy atom. The van der Waals surface area contributed by atoms with Gasteiger partial charge in [-0.05, 0) is 23.8 Å². The van der Waals surface area contributed by atoms with Crippen molar-refractivity contribution in [2.24, 2.45) is 0 Å². The van der Waals surface area contributed by atoms with Gasteiger partial charge in [0.25, 0.3) is 0 Å². The molecule has 0 aliphatic carbocycles. The van der Waals surface area contributed by atoms with E-state index in [0.29, 0.717) is 0 Å². The first-order chi connectivity index (χ1) is 7.40. The van der Waals surface area contributed by atoms with Gasteiger partial charge in [0.2, 0.25) is 0 Å². The van der Waals surface area contributed by atoms with Gasteiger partial charge >= 0.3 is 0 Å². The number of rotatable bonds is 6. The number of alkyl halides is 1. The van der Waals surface area contributed by atoms with Crippen LogP contribution < -0.4 is 5.32 Å². The zero-order chi connectivity index (χ0) is 10.5. The summed E-state index contributed by atoms with van der Waals surface area (Å²) in [7, 11) is 0. The lowest BCUT2D eigenvalue weighted by Crippen LogP contribution is -2.14. The van der Waals surface area contributed by atoms with Crippen LogP contribution in [0.15, 0.2) is 17.8 Å². The van der Waals surface area contributed by atoms with E-state index in [4.69, 9.17) is 0 Å². The minimum absolute atomic E-state index is 0.885. The van der Waals surface area contributed by atoms with Crippen LogP contribution in [-0.4, -0.2) is 20.4 Å². The van der Waals surface area contributed by atoms with Gasteiger partial charge in [0.05, 0.1) is 5.69 Å². The maximum absolute atomic E-state index is 4.51. The van der Waals surface area contributed by atoms with E-state index in [2.05, 4.69) is 48.9 Å². The smallest absolute Gasteiger partial charge is 0.193 e. The second kappa shape index (κ2) is 5.81. The predicted molar refractivity (Wildman–Crippen MR) is 72.9 cm³/mol. The Labute approximate surface area is 107 Å². The molecule has 0 saturated carbocycles. The summed E-state index contributed by atoms with van der Waals surface area (Å²) in [6.07, 6.45) is 6.70. The second-order valence-corrected chi connectivity index (χ2v) is 5.35. The van der Waals surface area contributed by atoms with Crippen LogP contribution in [0.4, 0.5) is 0 Å². The van der Waals surface area contributed by atoms with E-state index >= 15 is 0 Å². The highest BCUT2D eigenvalue weighted by atomic mass is 127. The van der Waals surface area contributed by atoms with E-state index in [1.807, 2.05) is 6.20 Å². The molecule has 0 amide bonds. The molecule has 0 saturated heterocycles. The highest BCUT2D eigenvalue weighted by Gasteiger charge is 2.00. The molecule has 0 fully saturated rings. The molecule has 82 valence electrons. The Hall–Kier alpha value is -0.140. The van der Waals surface area contributed by atoms with Gasteiger partial charge in [-0.15, -0.1) is 11.3 Å². The average molecular weight is 335 g/mol. The fraction of sp³-hybridized carbons (Fsp3) is 0.500. The lowest BCUT2D eigenvalue weighted by molar-refractivity contribution is 0.639. The number of nitrogens with zero attached hydrogens (tertiary/aromatic N) is 2. The summed E-state index contributed by atoms with van der Waals surface area (Å²) in [4.78, 5) is 5.59. The molecule has 0 bridgehead atoms. The van der Waals surface area contributed by atoms with Crippen LogP contribution >= 0.6 is 33.9 Å². The fourth-order valence-corrected chi connectivity index (χ4v) is 2.68. The number of unbranched alkanes of at least 4 members (excludes halogenated alkanes) is 1. The molecule has 2 rings (SSSR count). The summed E-state index contributed by atoms with van der Waals surface area (Å²) < 4.78 is 3.33. The van der Waals surface area contributed by atoms with E-state index in [1.54, 1.807) is 11.3 Å². The summed E-state index contributed by atoms with van der Waals surface area (Å²) in [6, 6.07) is 0. The number of fused-ring (bicyclic) bond motifs is 1. The summed E-state index contributed by atoms with van der Waals surface area (Å²) in [5.41, 5.74) is 1.14. The first-order valence-electron chi connectivity index (χ1n) is 5.08. The number of hydrogen-bond acceptors (Lipinski definition) is 3. The van der Waals surface area contributed by atoms with Crippen molar-refractivity contribution in [1.29, 1.82) is 0 Å². The molecular formula is C10H14IN3S. The third-order valence-electron chi connectivity index (χ3n) is 2.19. The molecule has 0 radical (unpaired) electrons. The van der Waals surface area contributed by atoms with Crippen molar-refractivity contribution in [3.05, 3.63) is 23.5 Å². The summed E-state index contributed by atoms with van der Waals surface area (Å²) in [5.74, 6) is 0. The first kappa shape index (κ1) is 11.3. The van der Waals surface area contributed by atoms with Crippen molar-refractivity contribution in [3.63, 3.8) is 0 Å². The minimum Gasteiger partial charge on any atom is -0.311 e. The van der Waals surface area contributed by atoms with Gasteiger partial charge in [0.1, 0.15) is 0 Å². The third-order valence-corrected chi connectivity index (χ3v) is 3.72. The second-order valence-electron chi connectivity index (χ2n) is 3.40. The number of imidazole rings is 1. The van der Waals surface area contributed by atoms with Crippen LogP contribution in [0.5, 0.6) is 0 Å². The molecule has 0 aromatic carbocycles. The number of aromatic nitrogens is 2. The van der Waals surface area contributed by atoms with Crippen molar-refractivity contribution in [2.75, 3.05) is 11.0 Å². The molecule has 0 atom stereocenters. The van der Waals surface area contributed by atoms with E-state index in [9.17, 15) is 0 Å². The molecule has 2 heterocycles. The Bertz CT molecular complexity index is 381. The lowest BCUT2D eigenvalue weighted by Gasteiger charge is -2.00. The number of thiazole rings is 1. The molecule has 0 aliphatic heterocycles. The van der Waals surface area contributed by atoms with Crippen LogP contribution in [-0.2, 0) is 6.54 Å². The molecule has 2 aromatic heterocycles. The van der Waals surface area contributed by atoms with E-state index in [0.717, 1.165) is 23.7 Å². The van der Waals surface area contributed by atoms with Gasteiger partial charge in [-0.2, -0.15) is 0 Å². The Kier molecular flexibility index (Phi) is 4.40. The van der Waals surface area contributed by atoms with Crippen molar-refractivity contribution in [2.45, 2.75) is 19.4 Å². The molecule has 0 spiro atoms. The normalized spacial score (nSPS) is 11.3. The number of nitrogens with one attached hydrogen (secondary N) is 1. The summed E-state index contributed by atoms with van der Waals surface area (Å²) >= 11 is 4.10. The van der Waals surface area contributed by atoms with Crippen LogP contribution in [0, 0.1) is 0 Å². The van der Waals surface area contributed by atoms with Gasteiger partial charge in [0, 0.05) is 24.3 Å².